The summed E-state index contributed by atoms with van der Waals surface area (Å²) in [5.41, 5.74) is 1.74. The molecule has 1 unspecified atom stereocenters. The lowest BCUT2D eigenvalue weighted by molar-refractivity contribution is -0.141. The molecular formula is C29H29Cl2FN2O2. The number of benzene rings is 3. The molecule has 7 heteroatoms. The molecule has 1 aliphatic rings. The van der Waals surface area contributed by atoms with Crippen molar-refractivity contribution in [1.82, 2.24) is 10.2 Å². The van der Waals surface area contributed by atoms with Crippen LogP contribution in [0.5, 0.6) is 0 Å². The Kier molecular flexibility index (Phi) is 9.00. The molecule has 1 fully saturated rings. The minimum atomic E-state index is -0.803. The highest BCUT2D eigenvalue weighted by Gasteiger charge is 2.33. The predicted molar refractivity (Wildman–Crippen MR) is 141 cm³/mol. The summed E-state index contributed by atoms with van der Waals surface area (Å²) < 4.78 is 14.6. The van der Waals surface area contributed by atoms with Crippen molar-refractivity contribution in [2.75, 3.05) is 0 Å². The van der Waals surface area contributed by atoms with E-state index >= 15 is 0 Å². The van der Waals surface area contributed by atoms with Crippen LogP contribution in [0.3, 0.4) is 0 Å². The van der Waals surface area contributed by atoms with Crippen LogP contribution >= 0.6 is 23.2 Å². The molecule has 0 heterocycles. The van der Waals surface area contributed by atoms with Crippen LogP contribution in [0, 0.1) is 5.82 Å². The van der Waals surface area contributed by atoms with Gasteiger partial charge in [0, 0.05) is 34.6 Å². The number of nitrogens with one attached hydrogen (secondary N) is 1. The maximum atomic E-state index is 14.6. The number of hydrogen-bond acceptors (Lipinski definition) is 2. The zero-order chi connectivity index (χ0) is 25.5. The molecule has 0 saturated heterocycles. The van der Waals surface area contributed by atoms with Crippen LogP contribution in [0.25, 0.3) is 0 Å². The van der Waals surface area contributed by atoms with E-state index in [0.717, 1.165) is 31.2 Å². The van der Waals surface area contributed by atoms with Crippen molar-refractivity contribution in [2.24, 2.45) is 0 Å². The van der Waals surface area contributed by atoms with Gasteiger partial charge in [0.1, 0.15) is 11.9 Å². The zero-order valence-electron chi connectivity index (χ0n) is 19.9. The van der Waals surface area contributed by atoms with Crippen molar-refractivity contribution in [3.63, 3.8) is 0 Å². The molecule has 1 aliphatic carbocycles. The number of nitrogens with zero attached hydrogens (tertiary/aromatic N) is 1. The average Bonchev–Trinajstić information content (AvgIpc) is 3.38. The minimum Gasteiger partial charge on any atom is -0.352 e. The second-order valence-electron chi connectivity index (χ2n) is 9.19. The van der Waals surface area contributed by atoms with Gasteiger partial charge in [0.25, 0.3) is 0 Å². The summed E-state index contributed by atoms with van der Waals surface area (Å²) in [7, 11) is 0. The third-order valence-corrected chi connectivity index (χ3v) is 7.38. The van der Waals surface area contributed by atoms with Gasteiger partial charge < -0.3 is 10.2 Å². The molecule has 4 rings (SSSR count). The highest BCUT2D eigenvalue weighted by Crippen LogP contribution is 2.25. The summed E-state index contributed by atoms with van der Waals surface area (Å²) >= 11 is 12.7. The number of carbonyl (C=O) groups excluding carboxylic acids is 2. The molecule has 0 aliphatic heterocycles. The smallest absolute Gasteiger partial charge is 0.243 e. The van der Waals surface area contributed by atoms with Crippen LogP contribution in [0.1, 0.15) is 42.4 Å². The maximum absolute atomic E-state index is 14.6. The second kappa shape index (κ2) is 12.4. The van der Waals surface area contributed by atoms with E-state index in [2.05, 4.69) is 5.32 Å². The summed E-state index contributed by atoms with van der Waals surface area (Å²) in [6.45, 7) is 0.111. The second-order valence-corrected chi connectivity index (χ2v) is 10.00. The molecule has 1 atom stereocenters. The number of hydrogen-bond donors (Lipinski definition) is 1. The first-order chi connectivity index (χ1) is 17.4. The minimum absolute atomic E-state index is 0.0917. The van der Waals surface area contributed by atoms with Gasteiger partial charge in [-0.2, -0.15) is 0 Å². The van der Waals surface area contributed by atoms with Crippen molar-refractivity contribution in [1.29, 1.82) is 0 Å². The Morgan fingerprint density at radius 1 is 0.917 bits per heavy atom. The number of amides is 2. The van der Waals surface area contributed by atoms with Crippen molar-refractivity contribution in [3.05, 3.63) is 105 Å². The highest BCUT2D eigenvalue weighted by molar-refractivity contribution is 6.31. The Morgan fingerprint density at radius 2 is 1.58 bits per heavy atom. The van der Waals surface area contributed by atoms with Gasteiger partial charge in [0.2, 0.25) is 11.8 Å². The lowest BCUT2D eigenvalue weighted by Gasteiger charge is -2.33. The van der Waals surface area contributed by atoms with Crippen LogP contribution in [0.2, 0.25) is 10.0 Å². The molecule has 0 aromatic heterocycles. The molecule has 1 saturated carbocycles. The van der Waals surface area contributed by atoms with Crippen LogP contribution in [0.4, 0.5) is 4.39 Å². The van der Waals surface area contributed by atoms with E-state index in [1.54, 1.807) is 12.1 Å². The van der Waals surface area contributed by atoms with E-state index in [-0.39, 0.29) is 35.5 Å². The zero-order valence-corrected chi connectivity index (χ0v) is 21.4. The molecule has 1 N–H and O–H groups in total. The quantitative estimate of drug-likeness (QED) is 0.352. The molecule has 188 valence electrons. The first-order valence-electron chi connectivity index (χ1n) is 12.2. The predicted octanol–water partition coefficient (Wildman–Crippen LogP) is 6.37. The Bertz CT molecular complexity index is 1180. The first kappa shape index (κ1) is 26.2. The molecule has 0 spiro atoms. The molecule has 0 bridgehead atoms. The lowest BCUT2D eigenvalue weighted by Crippen LogP contribution is -2.52. The monoisotopic (exact) mass is 526 g/mol. The van der Waals surface area contributed by atoms with E-state index in [4.69, 9.17) is 23.2 Å². The summed E-state index contributed by atoms with van der Waals surface area (Å²) in [5.74, 6) is -1.17. The van der Waals surface area contributed by atoms with Gasteiger partial charge in [-0.05, 0) is 42.2 Å². The molecule has 3 aromatic carbocycles. The molecule has 4 nitrogen and oxygen atoms in total. The third kappa shape index (κ3) is 6.65. The van der Waals surface area contributed by atoms with Gasteiger partial charge in [0.15, 0.2) is 0 Å². The third-order valence-electron chi connectivity index (χ3n) is 6.66. The maximum Gasteiger partial charge on any atom is 0.243 e. The van der Waals surface area contributed by atoms with Gasteiger partial charge in [-0.3, -0.25) is 9.59 Å². The number of halogens is 3. The lowest BCUT2D eigenvalue weighted by atomic mass is 10.0. The fourth-order valence-corrected chi connectivity index (χ4v) is 5.11. The van der Waals surface area contributed by atoms with Crippen LogP contribution in [-0.4, -0.2) is 28.8 Å². The van der Waals surface area contributed by atoms with Crippen LogP contribution < -0.4 is 5.32 Å². The topological polar surface area (TPSA) is 49.4 Å². The first-order valence-corrected chi connectivity index (χ1v) is 13.0. The Balaban J connectivity index is 1.70. The molecule has 36 heavy (non-hydrogen) atoms. The molecule has 2 amide bonds. The number of carbonyl (C=O) groups is 2. The largest absolute Gasteiger partial charge is 0.352 e. The van der Waals surface area contributed by atoms with E-state index in [9.17, 15) is 14.0 Å². The molecular weight excluding hydrogens is 498 g/mol. The van der Waals surface area contributed by atoms with Crippen molar-refractivity contribution >= 4 is 35.0 Å². The van der Waals surface area contributed by atoms with Gasteiger partial charge in [-0.1, -0.05) is 90.6 Å². The van der Waals surface area contributed by atoms with Crippen molar-refractivity contribution < 1.29 is 14.0 Å². The van der Waals surface area contributed by atoms with Gasteiger partial charge in [-0.25, -0.2) is 4.39 Å². The van der Waals surface area contributed by atoms with E-state index in [1.807, 2.05) is 48.5 Å². The summed E-state index contributed by atoms with van der Waals surface area (Å²) in [5, 5.41) is 3.83. The van der Waals surface area contributed by atoms with E-state index in [1.165, 1.54) is 17.0 Å². The Labute approximate surface area is 221 Å². The fourth-order valence-electron chi connectivity index (χ4n) is 4.69. The van der Waals surface area contributed by atoms with Gasteiger partial charge in [0.05, 0.1) is 6.42 Å². The van der Waals surface area contributed by atoms with E-state index in [0.29, 0.717) is 17.0 Å². The van der Waals surface area contributed by atoms with Crippen LogP contribution in [0.15, 0.2) is 72.8 Å². The van der Waals surface area contributed by atoms with Gasteiger partial charge >= 0.3 is 0 Å². The van der Waals surface area contributed by atoms with E-state index < -0.39 is 17.8 Å². The normalized spacial score (nSPS) is 14.4. The van der Waals surface area contributed by atoms with Gasteiger partial charge in [-0.15, -0.1) is 0 Å². The summed E-state index contributed by atoms with van der Waals surface area (Å²) in [6.07, 6.45) is 4.05. The van der Waals surface area contributed by atoms with Crippen LogP contribution in [-0.2, 0) is 29.0 Å². The highest BCUT2D eigenvalue weighted by atomic mass is 35.5. The Morgan fingerprint density at radius 3 is 2.28 bits per heavy atom. The molecule has 3 aromatic rings. The summed E-state index contributed by atoms with van der Waals surface area (Å²) in [6, 6.07) is 20.4. The number of rotatable bonds is 9. The Hall–Kier alpha value is -2.89. The SMILES string of the molecule is O=C(NC1CCCC1)C(Cc1ccccc1)N(Cc1ccccc1Cl)C(=O)Cc1c(F)cccc1Cl. The van der Waals surface area contributed by atoms with Crippen molar-refractivity contribution in [3.8, 4) is 0 Å². The summed E-state index contributed by atoms with van der Waals surface area (Å²) in [4.78, 5) is 29.0. The standard InChI is InChI=1S/C29H29Cl2FN2O2/c30-24-14-7-4-11-21(24)19-34(28(35)18-23-25(31)15-8-16-26(23)32)27(17-20-9-2-1-3-10-20)29(36)33-22-12-5-6-13-22/h1-4,7-11,14-16,22,27H,5-6,12-13,17-19H2,(H,33,36). The molecule has 0 radical (unpaired) electrons. The fraction of sp³-hybridized carbons (Fsp3) is 0.310. The van der Waals surface area contributed by atoms with Crippen molar-refractivity contribution in [2.45, 2.75) is 57.2 Å². The average molecular weight is 527 g/mol.